The number of methoxy groups -OCH3 is 2. The van der Waals surface area contributed by atoms with Crippen LogP contribution in [-0.2, 0) is 9.53 Å². The molecule has 0 saturated heterocycles. The molecular weight excluding hydrogens is 444 g/mol. The largest absolute Gasteiger partial charge is 0.493 e. The molecule has 3 aromatic rings. The van der Waals surface area contributed by atoms with Gasteiger partial charge in [-0.3, -0.25) is 9.36 Å². The van der Waals surface area contributed by atoms with E-state index in [-0.39, 0.29) is 17.7 Å². The molecule has 0 amide bonds. The van der Waals surface area contributed by atoms with E-state index in [1.807, 2.05) is 0 Å². The SMILES string of the molecule is C=CCOC(=O)C1=C(C)N=c2s/c(=C\c3ccco3)c(=O)n2[C@@H]1c1ccc(OC)c(OC)c1. The summed E-state index contributed by atoms with van der Waals surface area (Å²) in [5.74, 6) is 0.977. The summed E-state index contributed by atoms with van der Waals surface area (Å²) >= 11 is 1.22. The van der Waals surface area contributed by atoms with E-state index in [0.29, 0.717) is 37.9 Å². The van der Waals surface area contributed by atoms with Gasteiger partial charge in [0.2, 0.25) is 0 Å². The number of hydrogen-bond acceptors (Lipinski definition) is 8. The summed E-state index contributed by atoms with van der Waals surface area (Å²) in [4.78, 5) is 31.5. The van der Waals surface area contributed by atoms with Crippen LogP contribution in [0.15, 0.2) is 74.7 Å². The second kappa shape index (κ2) is 9.33. The molecule has 0 saturated carbocycles. The lowest BCUT2D eigenvalue weighted by Gasteiger charge is -2.25. The first-order valence-corrected chi connectivity index (χ1v) is 10.9. The molecule has 1 aromatic carbocycles. The van der Waals surface area contributed by atoms with Gasteiger partial charge in [-0.15, -0.1) is 0 Å². The number of carbonyl (C=O) groups is 1. The zero-order valence-electron chi connectivity index (χ0n) is 18.4. The van der Waals surface area contributed by atoms with Crippen LogP contribution in [-0.4, -0.2) is 31.4 Å². The van der Waals surface area contributed by atoms with Crippen LogP contribution < -0.4 is 24.4 Å². The van der Waals surface area contributed by atoms with Gasteiger partial charge in [0.25, 0.3) is 5.56 Å². The Morgan fingerprint density at radius 3 is 2.73 bits per heavy atom. The van der Waals surface area contributed by atoms with E-state index in [1.165, 1.54) is 42.5 Å². The minimum absolute atomic E-state index is 0.0389. The summed E-state index contributed by atoms with van der Waals surface area (Å²) in [6.45, 7) is 5.35. The summed E-state index contributed by atoms with van der Waals surface area (Å²) < 4.78 is 23.4. The molecule has 0 N–H and O–H groups in total. The summed E-state index contributed by atoms with van der Waals surface area (Å²) in [6.07, 6.45) is 4.68. The van der Waals surface area contributed by atoms with Crippen molar-refractivity contribution in [2.75, 3.05) is 20.8 Å². The lowest BCUT2D eigenvalue weighted by Crippen LogP contribution is -2.40. The Hall–Kier alpha value is -3.85. The van der Waals surface area contributed by atoms with E-state index in [0.717, 1.165) is 0 Å². The molecule has 0 unspecified atom stereocenters. The van der Waals surface area contributed by atoms with Crippen molar-refractivity contribution < 1.29 is 23.4 Å². The number of carbonyl (C=O) groups excluding carboxylic acids is 1. The molecule has 170 valence electrons. The number of rotatable bonds is 7. The highest BCUT2D eigenvalue weighted by Gasteiger charge is 2.34. The molecule has 4 rings (SSSR count). The first-order chi connectivity index (χ1) is 16.0. The third-order valence-corrected chi connectivity index (χ3v) is 6.10. The number of thiazole rings is 1. The second-order valence-corrected chi connectivity index (χ2v) is 8.11. The Morgan fingerprint density at radius 1 is 1.27 bits per heavy atom. The monoisotopic (exact) mass is 466 g/mol. The standard InChI is InChI=1S/C24H22N2O6S/c1-5-10-32-23(28)20-14(2)25-24-26(22(27)19(33-24)13-16-7-6-11-31-16)21(20)15-8-9-17(29-3)18(12-15)30-4/h5-9,11-13,21H,1,10H2,2-4H3/b19-13-/t21-/m1/s1. The van der Waals surface area contributed by atoms with Gasteiger partial charge in [-0.1, -0.05) is 30.1 Å². The number of aromatic nitrogens is 1. The molecule has 1 aliphatic heterocycles. The lowest BCUT2D eigenvalue weighted by molar-refractivity contribution is -0.138. The van der Waals surface area contributed by atoms with Gasteiger partial charge in [0.05, 0.1) is 42.3 Å². The number of allylic oxidation sites excluding steroid dienone is 1. The minimum atomic E-state index is -0.767. The number of hydrogen-bond donors (Lipinski definition) is 0. The number of fused-ring (bicyclic) bond motifs is 1. The van der Waals surface area contributed by atoms with Crippen molar-refractivity contribution in [3.8, 4) is 11.5 Å². The van der Waals surface area contributed by atoms with E-state index in [1.54, 1.807) is 43.3 Å². The van der Waals surface area contributed by atoms with Crippen LogP contribution in [0.1, 0.15) is 24.3 Å². The highest BCUT2D eigenvalue weighted by Crippen LogP contribution is 2.36. The summed E-state index contributed by atoms with van der Waals surface area (Å²) in [7, 11) is 3.06. The average Bonchev–Trinajstić information content (AvgIpc) is 3.44. The summed E-state index contributed by atoms with van der Waals surface area (Å²) in [5, 5.41) is 0. The maximum atomic E-state index is 13.5. The van der Waals surface area contributed by atoms with Gasteiger partial charge in [0, 0.05) is 6.08 Å². The smallest absolute Gasteiger partial charge is 0.338 e. The van der Waals surface area contributed by atoms with Crippen LogP contribution >= 0.6 is 11.3 Å². The number of furan rings is 1. The lowest BCUT2D eigenvalue weighted by atomic mass is 9.95. The quantitative estimate of drug-likeness (QED) is 0.393. The zero-order valence-corrected chi connectivity index (χ0v) is 19.2. The molecule has 0 fully saturated rings. The van der Waals surface area contributed by atoms with Gasteiger partial charge in [-0.2, -0.15) is 0 Å². The third-order valence-electron chi connectivity index (χ3n) is 5.11. The minimum Gasteiger partial charge on any atom is -0.493 e. The number of ether oxygens (including phenoxy) is 3. The van der Waals surface area contributed by atoms with Crippen molar-refractivity contribution in [2.45, 2.75) is 13.0 Å². The highest BCUT2D eigenvalue weighted by molar-refractivity contribution is 7.07. The normalized spacial score (nSPS) is 15.6. The van der Waals surface area contributed by atoms with Crippen molar-refractivity contribution in [1.82, 2.24) is 4.57 Å². The molecule has 8 nitrogen and oxygen atoms in total. The fourth-order valence-corrected chi connectivity index (χ4v) is 4.66. The maximum Gasteiger partial charge on any atom is 0.338 e. The van der Waals surface area contributed by atoms with Crippen LogP contribution in [0.25, 0.3) is 6.08 Å². The van der Waals surface area contributed by atoms with E-state index >= 15 is 0 Å². The molecule has 3 heterocycles. The number of benzene rings is 1. The third kappa shape index (κ3) is 4.14. The summed E-state index contributed by atoms with van der Waals surface area (Å²) in [5.41, 5.74) is 1.09. The van der Waals surface area contributed by atoms with Gasteiger partial charge in [0.15, 0.2) is 16.3 Å². The molecular formula is C24H22N2O6S. The van der Waals surface area contributed by atoms with Crippen LogP contribution in [0.4, 0.5) is 0 Å². The summed E-state index contributed by atoms with van der Waals surface area (Å²) in [6, 6.07) is 7.99. The van der Waals surface area contributed by atoms with Crippen molar-refractivity contribution in [2.24, 2.45) is 4.99 Å². The number of nitrogens with zero attached hydrogens (tertiary/aromatic N) is 2. The van der Waals surface area contributed by atoms with Crippen molar-refractivity contribution in [3.05, 3.63) is 91.5 Å². The Morgan fingerprint density at radius 2 is 2.06 bits per heavy atom. The van der Waals surface area contributed by atoms with Crippen molar-refractivity contribution in [1.29, 1.82) is 0 Å². The van der Waals surface area contributed by atoms with E-state index in [9.17, 15) is 9.59 Å². The van der Waals surface area contributed by atoms with E-state index in [4.69, 9.17) is 18.6 Å². The molecule has 0 bridgehead atoms. The Kier molecular flexibility index (Phi) is 6.32. The Bertz CT molecular complexity index is 1410. The van der Waals surface area contributed by atoms with Gasteiger partial charge in [0.1, 0.15) is 12.4 Å². The van der Waals surface area contributed by atoms with Gasteiger partial charge in [-0.25, -0.2) is 9.79 Å². The van der Waals surface area contributed by atoms with Gasteiger partial charge >= 0.3 is 5.97 Å². The zero-order chi connectivity index (χ0) is 23.5. The molecule has 9 heteroatoms. The fraction of sp³-hybridized carbons (Fsp3) is 0.208. The molecule has 2 aromatic heterocycles. The van der Waals surface area contributed by atoms with Crippen LogP contribution in [0.2, 0.25) is 0 Å². The van der Waals surface area contributed by atoms with E-state index < -0.39 is 12.0 Å². The molecule has 0 aliphatic carbocycles. The molecule has 0 radical (unpaired) electrons. The van der Waals surface area contributed by atoms with Crippen LogP contribution in [0.3, 0.4) is 0 Å². The number of esters is 1. The predicted molar refractivity (Wildman–Crippen MR) is 123 cm³/mol. The highest BCUT2D eigenvalue weighted by atomic mass is 32.1. The fourth-order valence-electron chi connectivity index (χ4n) is 3.64. The molecule has 0 spiro atoms. The first-order valence-electron chi connectivity index (χ1n) is 10.0. The second-order valence-electron chi connectivity index (χ2n) is 7.10. The van der Waals surface area contributed by atoms with Crippen LogP contribution in [0.5, 0.6) is 11.5 Å². The first kappa shape index (κ1) is 22.3. The van der Waals surface area contributed by atoms with Gasteiger partial charge < -0.3 is 18.6 Å². The maximum absolute atomic E-state index is 13.5. The Balaban J connectivity index is 1.96. The van der Waals surface area contributed by atoms with Gasteiger partial charge in [-0.05, 0) is 36.8 Å². The molecule has 1 aliphatic rings. The Labute approximate surface area is 193 Å². The van der Waals surface area contributed by atoms with E-state index in [2.05, 4.69) is 11.6 Å². The predicted octanol–water partition coefficient (Wildman–Crippen LogP) is 2.57. The topological polar surface area (TPSA) is 92.3 Å². The van der Waals surface area contributed by atoms with Crippen molar-refractivity contribution in [3.63, 3.8) is 0 Å². The molecule has 33 heavy (non-hydrogen) atoms. The molecule has 1 atom stereocenters. The average molecular weight is 467 g/mol. The van der Waals surface area contributed by atoms with Crippen LogP contribution in [0, 0.1) is 0 Å². The van der Waals surface area contributed by atoms with Crippen molar-refractivity contribution >= 4 is 23.4 Å².